The Morgan fingerprint density at radius 1 is 1.58 bits per heavy atom. The molecule has 3 heteroatoms. The maximum absolute atomic E-state index is 10.0. The average molecular weight is 176 g/mol. The molecule has 0 fully saturated rings. The molecule has 12 heavy (non-hydrogen) atoms. The molecule has 1 atom stereocenters. The van der Waals surface area contributed by atoms with E-state index in [-0.39, 0.29) is 11.9 Å². The van der Waals surface area contributed by atoms with E-state index >= 15 is 0 Å². The number of carbonyl (C=O) groups is 1. The van der Waals surface area contributed by atoms with E-state index in [1.165, 1.54) is 0 Å². The molecule has 0 heterocycles. The van der Waals surface area contributed by atoms with E-state index in [2.05, 4.69) is 4.74 Å². The largest absolute Gasteiger partial charge is 0.391 e. The van der Waals surface area contributed by atoms with Crippen LogP contribution in [0.3, 0.4) is 0 Å². The van der Waals surface area contributed by atoms with Crippen LogP contribution >= 0.6 is 0 Å². The summed E-state index contributed by atoms with van der Waals surface area (Å²) in [4.78, 5) is 10.0. The van der Waals surface area contributed by atoms with Crippen molar-refractivity contribution in [3.05, 3.63) is 0 Å². The normalized spacial score (nSPS) is 11.4. The van der Waals surface area contributed by atoms with Gasteiger partial charge in [0.1, 0.15) is 5.78 Å². The summed E-state index contributed by atoms with van der Waals surface area (Å²) in [5.41, 5.74) is 0. The third kappa shape index (κ3) is 22.6. The van der Waals surface area contributed by atoms with Crippen LogP contribution in [-0.4, -0.2) is 30.7 Å². The average Bonchev–Trinajstić information content (AvgIpc) is 1.87. The Morgan fingerprint density at radius 3 is 2.08 bits per heavy atom. The zero-order chi connectivity index (χ0) is 9.98. The van der Waals surface area contributed by atoms with Gasteiger partial charge in [-0.2, -0.15) is 0 Å². The standard InChI is InChI=1S/C5H10O.C4H10O2/c1-3-4-5(2)6;1-4(5)3-6-2/h3-4H2,1-2H3;4-5H,3H2,1-2H3. The number of Topliss-reactive ketones (excluding diaryl/α,β-unsaturated/α-hetero) is 1. The number of carbonyl (C=O) groups excluding carboxylic acids is 1. The molecule has 0 aliphatic heterocycles. The number of ether oxygens (including phenoxy) is 1. The van der Waals surface area contributed by atoms with Crippen LogP contribution in [0, 0.1) is 0 Å². The summed E-state index contributed by atoms with van der Waals surface area (Å²) in [7, 11) is 1.56. The summed E-state index contributed by atoms with van der Waals surface area (Å²) in [6, 6.07) is 0. The van der Waals surface area contributed by atoms with Gasteiger partial charge >= 0.3 is 0 Å². The lowest BCUT2D eigenvalue weighted by molar-refractivity contribution is -0.117. The Kier molecular flexibility index (Phi) is 12.5. The van der Waals surface area contributed by atoms with Crippen LogP contribution in [0.25, 0.3) is 0 Å². The minimum Gasteiger partial charge on any atom is -0.391 e. The Morgan fingerprint density at radius 2 is 2.08 bits per heavy atom. The Balaban J connectivity index is 0. The van der Waals surface area contributed by atoms with Gasteiger partial charge in [-0.15, -0.1) is 0 Å². The van der Waals surface area contributed by atoms with Crippen LogP contribution in [0.4, 0.5) is 0 Å². The van der Waals surface area contributed by atoms with Crippen molar-refractivity contribution in [1.29, 1.82) is 0 Å². The molecule has 1 N–H and O–H groups in total. The highest BCUT2D eigenvalue weighted by Gasteiger charge is 1.87. The van der Waals surface area contributed by atoms with E-state index in [0.717, 1.165) is 12.8 Å². The van der Waals surface area contributed by atoms with E-state index < -0.39 is 0 Å². The number of methoxy groups -OCH3 is 1. The fourth-order valence-electron chi connectivity index (χ4n) is 0.593. The van der Waals surface area contributed by atoms with Crippen molar-refractivity contribution in [2.24, 2.45) is 0 Å². The van der Waals surface area contributed by atoms with Gasteiger partial charge in [0, 0.05) is 13.5 Å². The SMILES string of the molecule is CCCC(C)=O.COCC(C)O. The van der Waals surface area contributed by atoms with Gasteiger partial charge in [0.25, 0.3) is 0 Å². The molecule has 0 aliphatic carbocycles. The van der Waals surface area contributed by atoms with Crippen molar-refractivity contribution in [3.63, 3.8) is 0 Å². The Labute approximate surface area is 74.7 Å². The molecule has 0 radical (unpaired) electrons. The molecular formula is C9H20O3. The molecule has 74 valence electrons. The smallest absolute Gasteiger partial charge is 0.129 e. The quantitative estimate of drug-likeness (QED) is 0.704. The first-order chi connectivity index (χ1) is 5.54. The van der Waals surface area contributed by atoms with Crippen LogP contribution in [0.1, 0.15) is 33.6 Å². The highest BCUT2D eigenvalue weighted by atomic mass is 16.5. The molecule has 0 aliphatic rings. The summed E-state index contributed by atoms with van der Waals surface area (Å²) in [6.45, 7) is 5.73. The molecule has 0 bridgehead atoms. The van der Waals surface area contributed by atoms with Crippen LogP contribution in [0.5, 0.6) is 0 Å². The highest BCUT2D eigenvalue weighted by Crippen LogP contribution is 1.84. The van der Waals surface area contributed by atoms with Crippen LogP contribution in [-0.2, 0) is 9.53 Å². The molecule has 0 spiro atoms. The van der Waals surface area contributed by atoms with E-state index in [1.54, 1.807) is 21.0 Å². The second kappa shape index (κ2) is 10.6. The number of aliphatic hydroxyl groups is 1. The third-order valence-electron chi connectivity index (χ3n) is 1.01. The maximum atomic E-state index is 10.0. The summed E-state index contributed by atoms with van der Waals surface area (Å²) >= 11 is 0. The predicted molar refractivity (Wildman–Crippen MR) is 49.1 cm³/mol. The molecule has 0 saturated heterocycles. The first-order valence-corrected chi connectivity index (χ1v) is 4.21. The van der Waals surface area contributed by atoms with Crippen molar-refractivity contribution in [3.8, 4) is 0 Å². The molecule has 0 rings (SSSR count). The van der Waals surface area contributed by atoms with E-state index in [0.29, 0.717) is 6.61 Å². The second-order valence-electron chi connectivity index (χ2n) is 2.76. The number of rotatable bonds is 4. The van der Waals surface area contributed by atoms with Crippen LogP contribution < -0.4 is 0 Å². The molecule has 0 aromatic heterocycles. The molecular weight excluding hydrogens is 156 g/mol. The lowest BCUT2D eigenvalue weighted by Gasteiger charge is -1.97. The Hall–Kier alpha value is -0.410. The molecule has 0 aromatic rings. The maximum Gasteiger partial charge on any atom is 0.129 e. The van der Waals surface area contributed by atoms with Gasteiger partial charge < -0.3 is 14.6 Å². The highest BCUT2D eigenvalue weighted by molar-refractivity contribution is 5.75. The van der Waals surface area contributed by atoms with Crippen molar-refractivity contribution < 1.29 is 14.6 Å². The lowest BCUT2D eigenvalue weighted by atomic mass is 10.3. The zero-order valence-electron chi connectivity index (χ0n) is 8.46. The van der Waals surface area contributed by atoms with Crippen LogP contribution in [0.2, 0.25) is 0 Å². The number of hydrogen-bond donors (Lipinski definition) is 1. The summed E-state index contributed by atoms with van der Waals surface area (Å²) in [5, 5.41) is 8.43. The van der Waals surface area contributed by atoms with Crippen molar-refractivity contribution in [2.75, 3.05) is 13.7 Å². The zero-order valence-corrected chi connectivity index (χ0v) is 8.46. The second-order valence-corrected chi connectivity index (χ2v) is 2.76. The summed E-state index contributed by atoms with van der Waals surface area (Å²) in [5.74, 6) is 0.289. The molecule has 0 saturated carbocycles. The lowest BCUT2D eigenvalue weighted by Crippen LogP contribution is -2.07. The molecule has 0 amide bonds. The predicted octanol–water partition coefficient (Wildman–Crippen LogP) is 1.39. The van der Waals surface area contributed by atoms with Gasteiger partial charge in [-0.1, -0.05) is 6.92 Å². The fraction of sp³-hybridized carbons (Fsp3) is 0.889. The third-order valence-corrected chi connectivity index (χ3v) is 1.01. The summed E-state index contributed by atoms with van der Waals surface area (Å²) < 4.78 is 4.55. The minimum absolute atomic E-state index is 0.289. The van der Waals surface area contributed by atoms with E-state index in [9.17, 15) is 4.79 Å². The molecule has 0 aromatic carbocycles. The first-order valence-electron chi connectivity index (χ1n) is 4.21. The van der Waals surface area contributed by atoms with Gasteiger partial charge in [-0.05, 0) is 20.3 Å². The van der Waals surface area contributed by atoms with Gasteiger partial charge in [0.2, 0.25) is 0 Å². The topological polar surface area (TPSA) is 46.5 Å². The Bertz CT molecular complexity index is 99.9. The number of ketones is 1. The van der Waals surface area contributed by atoms with E-state index in [4.69, 9.17) is 5.11 Å². The van der Waals surface area contributed by atoms with E-state index in [1.807, 2.05) is 6.92 Å². The minimum atomic E-state index is -0.324. The van der Waals surface area contributed by atoms with Gasteiger partial charge in [-0.25, -0.2) is 0 Å². The monoisotopic (exact) mass is 176 g/mol. The van der Waals surface area contributed by atoms with Crippen molar-refractivity contribution in [1.82, 2.24) is 0 Å². The number of hydrogen-bond acceptors (Lipinski definition) is 3. The van der Waals surface area contributed by atoms with Crippen molar-refractivity contribution in [2.45, 2.75) is 39.7 Å². The molecule has 1 unspecified atom stereocenters. The van der Waals surface area contributed by atoms with Crippen LogP contribution in [0.15, 0.2) is 0 Å². The summed E-state index contributed by atoms with van der Waals surface area (Å²) in [6.07, 6.45) is 1.39. The van der Waals surface area contributed by atoms with Gasteiger partial charge in [-0.3, -0.25) is 0 Å². The van der Waals surface area contributed by atoms with Gasteiger partial charge in [0.15, 0.2) is 0 Å². The number of aliphatic hydroxyl groups excluding tert-OH is 1. The first kappa shape index (κ1) is 14.1. The fourth-order valence-corrected chi connectivity index (χ4v) is 0.593. The van der Waals surface area contributed by atoms with Gasteiger partial charge in [0.05, 0.1) is 12.7 Å². The molecule has 3 nitrogen and oxygen atoms in total. The van der Waals surface area contributed by atoms with Crippen molar-refractivity contribution >= 4 is 5.78 Å².